The van der Waals surface area contributed by atoms with Crippen LogP contribution in [0.1, 0.15) is 38.5 Å². The lowest BCUT2D eigenvalue weighted by Crippen LogP contribution is -1.99. The van der Waals surface area contributed by atoms with Crippen LogP contribution in [0.5, 0.6) is 0 Å². The summed E-state index contributed by atoms with van der Waals surface area (Å²) in [5.74, 6) is 0.104. The summed E-state index contributed by atoms with van der Waals surface area (Å²) in [6, 6.07) is 11.9. The van der Waals surface area contributed by atoms with Crippen LogP contribution in [0.25, 0.3) is 10.9 Å². The molecule has 21 heavy (non-hydrogen) atoms. The average Bonchev–Trinajstić information content (AvgIpc) is 2.97. The van der Waals surface area contributed by atoms with Crippen LogP contribution in [0.2, 0.25) is 0 Å². The van der Waals surface area contributed by atoms with Crippen LogP contribution in [0.15, 0.2) is 42.6 Å². The van der Waals surface area contributed by atoms with Gasteiger partial charge in [-0.05, 0) is 49.4 Å². The summed E-state index contributed by atoms with van der Waals surface area (Å²) >= 11 is 1.67. The SMILES string of the molecule is O=C(c1cnc2ccccc2c1)c1cc2c(s1)CCCC2. The molecule has 0 saturated heterocycles. The van der Waals surface area contributed by atoms with Crippen molar-refractivity contribution in [2.45, 2.75) is 25.7 Å². The van der Waals surface area contributed by atoms with Crippen molar-refractivity contribution < 1.29 is 4.79 Å². The molecule has 0 saturated carbocycles. The summed E-state index contributed by atoms with van der Waals surface area (Å²) in [6.45, 7) is 0. The second-order valence-electron chi connectivity index (χ2n) is 5.51. The van der Waals surface area contributed by atoms with E-state index in [1.165, 1.54) is 23.3 Å². The summed E-state index contributed by atoms with van der Waals surface area (Å²) in [6.07, 6.45) is 6.44. The van der Waals surface area contributed by atoms with E-state index in [0.717, 1.165) is 28.6 Å². The molecule has 0 unspecified atom stereocenters. The molecular weight excluding hydrogens is 278 g/mol. The predicted octanol–water partition coefficient (Wildman–Crippen LogP) is 4.41. The smallest absolute Gasteiger partial charge is 0.204 e. The molecule has 3 aromatic rings. The van der Waals surface area contributed by atoms with Crippen molar-refractivity contribution in [2.24, 2.45) is 0 Å². The second-order valence-corrected chi connectivity index (χ2v) is 6.65. The van der Waals surface area contributed by atoms with Crippen LogP contribution in [0, 0.1) is 0 Å². The molecule has 0 aliphatic heterocycles. The Morgan fingerprint density at radius 1 is 1.10 bits per heavy atom. The minimum absolute atomic E-state index is 0.104. The highest BCUT2D eigenvalue weighted by atomic mass is 32.1. The van der Waals surface area contributed by atoms with Gasteiger partial charge in [0.05, 0.1) is 10.4 Å². The molecule has 0 atom stereocenters. The molecule has 1 aromatic carbocycles. The summed E-state index contributed by atoms with van der Waals surface area (Å²) in [5, 5.41) is 1.02. The molecule has 1 aliphatic rings. The van der Waals surface area contributed by atoms with Crippen LogP contribution in [-0.4, -0.2) is 10.8 Å². The molecule has 4 rings (SSSR count). The van der Waals surface area contributed by atoms with E-state index in [0.29, 0.717) is 5.56 Å². The molecule has 2 aromatic heterocycles. The maximum atomic E-state index is 12.7. The van der Waals surface area contributed by atoms with Crippen molar-refractivity contribution in [2.75, 3.05) is 0 Å². The summed E-state index contributed by atoms with van der Waals surface area (Å²) in [5.41, 5.74) is 3.00. The molecule has 0 amide bonds. The van der Waals surface area contributed by atoms with Gasteiger partial charge in [-0.15, -0.1) is 11.3 Å². The number of hydrogen-bond acceptors (Lipinski definition) is 3. The number of ketones is 1. The third-order valence-corrected chi connectivity index (χ3v) is 5.31. The lowest BCUT2D eigenvalue weighted by atomic mass is 9.98. The van der Waals surface area contributed by atoms with E-state index in [4.69, 9.17) is 0 Å². The molecule has 3 heteroatoms. The van der Waals surface area contributed by atoms with Gasteiger partial charge in [-0.25, -0.2) is 0 Å². The lowest BCUT2D eigenvalue weighted by molar-refractivity contribution is 0.104. The number of nitrogens with zero attached hydrogens (tertiary/aromatic N) is 1. The third-order valence-electron chi connectivity index (χ3n) is 4.07. The molecule has 0 bridgehead atoms. The van der Waals surface area contributed by atoms with E-state index in [-0.39, 0.29) is 5.78 Å². The number of carbonyl (C=O) groups excluding carboxylic acids is 1. The zero-order valence-corrected chi connectivity index (χ0v) is 12.5. The molecular formula is C18H15NOS. The van der Waals surface area contributed by atoms with Gasteiger partial charge in [-0.3, -0.25) is 9.78 Å². The van der Waals surface area contributed by atoms with E-state index >= 15 is 0 Å². The fourth-order valence-corrected chi connectivity index (χ4v) is 4.16. The van der Waals surface area contributed by atoms with Gasteiger partial charge in [0.15, 0.2) is 0 Å². The Kier molecular flexibility index (Phi) is 3.08. The van der Waals surface area contributed by atoms with Gasteiger partial charge < -0.3 is 0 Å². The first-order valence-corrected chi connectivity index (χ1v) is 8.14. The van der Waals surface area contributed by atoms with E-state index in [1.807, 2.05) is 30.3 Å². The standard InChI is InChI=1S/C18H15NOS/c20-18(17-10-13-6-2-4-8-16(13)21-17)14-9-12-5-1-3-7-15(12)19-11-14/h1,3,5,7,9-11H,2,4,6,8H2. The number of thiophene rings is 1. The van der Waals surface area contributed by atoms with Gasteiger partial charge >= 0.3 is 0 Å². The van der Waals surface area contributed by atoms with Crippen molar-refractivity contribution in [3.8, 4) is 0 Å². The summed E-state index contributed by atoms with van der Waals surface area (Å²) in [4.78, 5) is 19.3. The highest BCUT2D eigenvalue weighted by molar-refractivity contribution is 7.14. The van der Waals surface area contributed by atoms with Gasteiger partial charge in [0.1, 0.15) is 0 Å². The van der Waals surface area contributed by atoms with Gasteiger partial charge in [-0.2, -0.15) is 0 Å². The predicted molar refractivity (Wildman–Crippen MR) is 86.1 cm³/mol. The molecule has 0 radical (unpaired) electrons. The largest absolute Gasteiger partial charge is 0.288 e. The highest BCUT2D eigenvalue weighted by Crippen LogP contribution is 2.31. The Morgan fingerprint density at radius 2 is 1.95 bits per heavy atom. The van der Waals surface area contributed by atoms with Crippen LogP contribution < -0.4 is 0 Å². The van der Waals surface area contributed by atoms with E-state index in [1.54, 1.807) is 17.5 Å². The Hall–Kier alpha value is -2.00. The van der Waals surface area contributed by atoms with Gasteiger partial charge in [0.2, 0.25) is 5.78 Å². The molecule has 0 spiro atoms. The Bertz CT molecular complexity index is 811. The van der Waals surface area contributed by atoms with Crippen molar-refractivity contribution in [3.63, 3.8) is 0 Å². The highest BCUT2D eigenvalue weighted by Gasteiger charge is 2.18. The molecule has 2 heterocycles. The number of para-hydroxylation sites is 1. The van der Waals surface area contributed by atoms with Crippen molar-refractivity contribution >= 4 is 28.0 Å². The maximum absolute atomic E-state index is 12.7. The van der Waals surface area contributed by atoms with Gasteiger partial charge in [0, 0.05) is 22.0 Å². The second kappa shape index (κ2) is 5.08. The van der Waals surface area contributed by atoms with Crippen molar-refractivity contribution in [3.05, 3.63) is 63.5 Å². The number of pyridine rings is 1. The number of aryl methyl sites for hydroxylation is 2. The minimum Gasteiger partial charge on any atom is -0.288 e. The van der Waals surface area contributed by atoms with Gasteiger partial charge in [-0.1, -0.05) is 18.2 Å². The normalized spacial score (nSPS) is 14.1. The van der Waals surface area contributed by atoms with Gasteiger partial charge in [0.25, 0.3) is 0 Å². The topological polar surface area (TPSA) is 30.0 Å². The molecule has 1 aliphatic carbocycles. The first-order chi connectivity index (χ1) is 10.3. The minimum atomic E-state index is 0.104. The van der Waals surface area contributed by atoms with E-state index in [9.17, 15) is 4.79 Å². The number of fused-ring (bicyclic) bond motifs is 2. The summed E-state index contributed by atoms with van der Waals surface area (Å²) < 4.78 is 0. The van der Waals surface area contributed by atoms with Crippen LogP contribution >= 0.6 is 11.3 Å². The van der Waals surface area contributed by atoms with Crippen molar-refractivity contribution in [1.82, 2.24) is 4.98 Å². The Morgan fingerprint density at radius 3 is 2.86 bits per heavy atom. The number of carbonyl (C=O) groups is 1. The Labute approximate surface area is 127 Å². The number of benzene rings is 1. The monoisotopic (exact) mass is 293 g/mol. The Balaban J connectivity index is 1.73. The first kappa shape index (κ1) is 12.7. The summed E-state index contributed by atoms with van der Waals surface area (Å²) in [7, 11) is 0. The van der Waals surface area contributed by atoms with E-state index in [2.05, 4.69) is 11.1 Å². The van der Waals surface area contributed by atoms with Crippen molar-refractivity contribution in [1.29, 1.82) is 0 Å². The fourth-order valence-electron chi connectivity index (χ4n) is 2.94. The fraction of sp³-hybridized carbons (Fsp3) is 0.222. The first-order valence-electron chi connectivity index (χ1n) is 7.32. The molecule has 0 fully saturated rings. The average molecular weight is 293 g/mol. The zero-order valence-electron chi connectivity index (χ0n) is 11.6. The number of hydrogen-bond donors (Lipinski definition) is 0. The van der Waals surface area contributed by atoms with Crippen LogP contribution in [0.3, 0.4) is 0 Å². The molecule has 2 nitrogen and oxygen atoms in total. The third kappa shape index (κ3) is 2.28. The lowest BCUT2D eigenvalue weighted by Gasteiger charge is -2.08. The quantitative estimate of drug-likeness (QED) is 0.655. The number of aromatic nitrogens is 1. The van der Waals surface area contributed by atoms with E-state index < -0.39 is 0 Å². The van der Waals surface area contributed by atoms with Crippen LogP contribution in [-0.2, 0) is 12.8 Å². The zero-order chi connectivity index (χ0) is 14.2. The molecule has 104 valence electrons. The van der Waals surface area contributed by atoms with Crippen LogP contribution in [0.4, 0.5) is 0 Å². The maximum Gasteiger partial charge on any atom is 0.204 e. The molecule has 0 N–H and O–H groups in total. The number of rotatable bonds is 2.